The number of hydrogen-bond acceptors (Lipinski definition) is 2. The van der Waals surface area contributed by atoms with Gasteiger partial charge >= 0.3 is 0 Å². The second-order valence-electron chi connectivity index (χ2n) is 6.00. The highest BCUT2D eigenvalue weighted by molar-refractivity contribution is 5.13. The van der Waals surface area contributed by atoms with Crippen molar-refractivity contribution in [2.45, 2.75) is 44.7 Å². The Hall–Kier alpha value is -1.06. The van der Waals surface area contributed by atoms with E-state index >= 15 is 0 Å². The minimum Gasteiger partial charge on any atom is -0.632 e. The van der Waals surface area contributed by atoms with E-state index in [-0.39, 0.29) is 16.7 Å². The third-order valence-electron chi connectivity index (χ3n) is 4.83. The molecule has 4 atom stereocenters. The summed E-state index contributed by atoms with van der Waals surface area (Å²) in [5.74, 6) is 0.527. The van der Waals surface area contributed by atoms with E-state index in [9.17, 15) is 5.21 Å². The lowest BCUT2D eigenvalue weighted by molar-refractivity contribution is -0.944. The second kappa shape index (κ2) is 4.25. The summed E-state index contributed by atoms with van der Waals surface area (Å²) in [5, 5.41) is 13.4. The van der Waals surface area contributed by atoms with Crippen molar-refractivity contribution in [2.75, 3.05) is 6.54 Å². The van der Waals surface area contributed by atoms with Gasteiger partial charge in [0.2, 0.25) is 0 Å². The molecule has 98 valence electrons. The molecule has 0 bridgehead atoms. The van der Waals surface area contributed by atoms with Crippen molar-refractivity contribution in [2.24, 2.45) is 5.92 Å². The van der Waals surface area contributed by atoms with Gasteiger partial charge < -0.3 is 14.3 Å². The van der Waals surface area contributed by atoms with Crippen molar-refractivity contribution in [3.05, 3.63) is 41.5 Å². The number of furan rings is 1. The van der Waals surface area contributed by atoms with Crippen LogP contribution in [0, 0.1) is 11.1 Å². The molecule has 2 saturated heterocycles. The number of rotatable bonds is 1. The smallest absolute Gasteiger partial charge is 0.118 e. The van der Waals surface area contributed by atoms with Gasteiger partial charge in [-0.1, -0.05) is 13.5 Å². The molecule has 2 aliphatic heterocycles. The maximum absolute atomic E-state index is 13.4. The first-order valence-corrected chi connectivity index (χ1v) is 6.88. The molecular weight excluding hydrogens is 226 g/mol. The topological polar surface area (TPSA) is 36.2 Å². The largest absolute Gasteiger partial charge is 0.632 e. The lowest BCUT2D eigenvalue weighted by Gasteiger charge is -2.60. The third kappa shape index (κ3) is 1.73. The maximum atomic E-state index is 13.4. The van der Waals surface area contributed by atoms with Gasteiger partial charge in [0, 0.05) is 24.3 Å². The normalized spacial score (nSPS) is 40.6. The maximum Gasteiger partial charge on any atom is 0.118 e. The lowest BCUT2D eigenvalue weighted by atomic mass is 9.78. The molecule has 0 spiro atoms. The van der Waals surface area contributed by atoms with E-state index in [1.54, 1.807) is 12.5 Å². The average molecular weight is 247 g/mol. The summed E-state index contributed by atoms with van der Waals surface area (Å²) in [7, 11) is 0. The number of piperidine rings is 2. The Kier molecular flexibility index (Phi) is 2.83. The summed E-state index contributed by atoms with van der Waals surface area (Å²) in [6.45, 7) is 6.87. The Morgan fingerprint density at radius 1 is 1.39 bits per heavy atom. The van der Waals surface area contributed by atoms with E-state index in [4.69, 9.17) is 4.42 Å². The van der Waals surface area contributed by atoms with E-state index in [1.807, 2.05) is 6.07 Å². The number of nitrogens with zero attached hydrogens (tertiary/aromatic N) is 1. The van der Waals surface area contributed by atoms with E-state index in [0.717, 1.165) is 36.8 Å². The summed E-state index contributed by atoms with van der Waals surface area (Å²) in [4.78, 5) is 0. The van der Waals surface area contributed by atoms with Crippen LogP contribution in [0.3, 0.4) is 0 Å². The van der Waals surface area contributed by atoms with Crippen LogP contribution in [0.4, 0.5) is 0 Å². The van der Waals surface area contributed by atoms with Gasteiger partial charge in [0.15, 0.2) is 0 Å². The molecule has 3 nitrogen and oxygen atoms in total. The summed E-state index contributed by atoms with van der Waals surface area (Å²) >= 11 is 0. The van der Waals surface area contributed by atoms with Crippen LogP contribution in [-0.2, 0) is 0 Å². The predicted molar refractivity (Wildman–Crippen MR) is 70.5 cm³/mol. The van der Waals surface area contributed by atoms with Gasteiger partial charge in [-0.05, 0) is 24.5 Å². The zero-order chi connectivity index (χ0) is 12.8. The Balaban J connectivity index is 1.97. The summed E-state index contributed by atoms with van der Waals surface area (Å²) in [6, 6.07) is 2.23. The molecule has 0 aromatic carbocycles. The van der Waals surface area contributed by atoms with E-state index < -0.39 is 0 Å². The number of fused-ring (bicyclic) bond motifs is 1. The highest BCUT2D eigenvalue weighted by atomic mass is 16.6. The van der Waals surface area contributed by atoms with Gasteiger partial charge in [0.25, 0.3) is 0 Å². The van der Waals surface area contributed by atoms with E-state index in [2.05, 4.69) is 13.5 Å². The fraction of sp³-hybridized carbons (Fsp3) is 0.600. The molecule has 0 aliphatic carbocycles. The summed E-state index contributed by atoms with van der Waals surface area (Å²) in [5.41, 5.74) is 2.18. The summed E-state index contributed by atoms with van der Waals surface area (Å²) in [6.07, 6.45) is 7.55. The van der Waals surface area contributed by atoms with Crippen molar-refractivity contribution in [1.82, 2.24) is 0 Å². The monoisotopic (exact) mass is 247 g/mol. The predicted octanol–water partition coefficient (Wildman–Crippen LogP) is 3.78. The van der Waals surface area contributed by atoms with Crippen molar-refractivity contribution in [1.29, 1.82) is 0 Å². The van der Waals surface area contributed by atoms with Crippen LogP contribution >= 0.6 is 0 Å². The molecule has 2 fully saturated rings. The van der Waals surface area contributed by atoms with E-state index in [0.29, 0.717) is 12.5 Å². The number of quaternary nitrogens is 1. The van der Waals surface area contributed by atoms with E-state index in [1.165, 1.54) is 0 Å². The first kappa shape index (κ1) is 12.0. The summed E-state index contributed by atoms with van der Waals surface area (Å²) < 4.78 is 5.08. The first-order valence-electron chi connectivity index (χ1n) is 6.88. The van der Waals surface area contributed by atoms with Crippen LogP contribution in [0.5, 0.6) is 0 Å². The van der Waals surface area contributed by atoms with Crippen molar-refractivity contribution in [3.8, 4) is 0 Å². The Morgan fingerprint density at radius 3 is 2.94 bits per heavy atom. The molecule has 0 saturated carbocycles. The van der Waals surface area contributed by atoms with Crippen molar-refractivity contribution < 1.29 is 9.06 Å². The Bertz CT molecular complexity index is 439. The first-order chi connectivity index (χ1) is 8.61. The highest BCUT2D eigenvalue weighted by Gasteiger charge is 2.46. The van der Waals surface area contributed by atoms with Crippen molar-refractivity contribution in [3.63, 3.8) is 0 Å². The zero-order valence-corrected chi connectivity index (χ0v) is 11.0. The molecule has 0 radical (unpaired) electrons. The zero-order valence-electron chi connectivity index (χ0n) is 11.0. The molecule has 0 amide bonds. The second-order valence-corrected chi connectivity index (χ2v) is 6.00. The minimum absolute atomic E-state index is 0.0435. The van der Waals surface area contributed by atoms with Gasteiger partial charge in [-0.15, -0.1) is 0 Å². The molecule has 3 heterocycles. The van der Waals surface area contributed by atoms with Crippen LogP contribution in [0.1, 0.15) is 44.2 Å². The van der Waals surface area contributed by atoms with Gasteiger partial charge in [-0.3, -0.25) is 0 Å². The third-order valence-corrected chi connectivity index (χ3v) is 4.83. The fourth-order valence-corrected chi connectivity index (χ4v) is 3.89. The van der Waals surface area contributed by atoms with Gasteiger partial charge in [0.1, 0.15) is 12.6 Å². The average Bonchev–Trinajstić information content (AvgIpc) is 2.81. The Morgan fingerprint density at radius 2 is 2.22 bits per heavy atom. The van der Waals surface area contributed by atoms with Crippen LogP contribution in [0.25, 0.3) is 0 Å². The van der Waals surface area contributed by atoms with Gasteiger partial charge in [0.05, 0.1) is 18.6 Å². The molecule has 0 N–H and O–H groups in total. The minimum atomic E-state index is -0.0977. The lowest BCUT2D eigenvalue weighted by Crippen LogP contribution is -2.60. The van der Waals surface area contributed by atoms with Crippen LogP contribution in [0.2, 0.25) is 0 Å². The molecule has 1 unspecified atom stereocenters. The van der Waals surface area contributed by atoms with Gasteiger partial charge in [-0.2, -0.15) is 0 Å². The molecule has 2 aliphatic rings. The molecule has 3 heteroatoms. The van der Waals surface area contributed by atoms with Gasteiger partial charge in [-0.25, -0.2) is 0 Å². The SMILES string of the molecule is C=C1CC[C@H]2[C@H](C)CC[C@@H](c3ccoc3)[N+]2([O-])C1. The standard InChI is InChI=1S/C15H21NO2/c1-11-3-5-14-12(2)4-6-15(16(14,17)9-11)13-7-8-18-10-13/h7-8,10,12,14-15H,1,3-6,9H2,2H3/t12-,14+,15+,16?/m1/s1. The molecule has 1 aromatic rings. The molecule has 3 rings (SSSR count). The van der Waals surface area contributed by atoms with Crippen LogP contribution < -0.4 is 0 Å². The van der Waals surface area contributed by atoms with Crippen molar-refractivity contribution >= 4 is 0 Å². The fourth-order valence-electron chi connectivity index (χ4n) is 3.89. The quantitative estimate of drug-likeness (QED) is 0.430. The molecule has 18 heavy (non-hydrogen) atoms. The Labute approximate surface area is 108 Å². The van der Waals surface area contributed by atoms with Crippen LogP contribution in [-0.4, -0.2) is 17.2 Å². The highest BCUT2D eigenvalue weighted by Crippen LogP contribution is 2.47. The molecular formula is C15H21NO2. The van der Waals surface area contributed by atoms with Crippen LogP contribution in [0.15, 0.2) is 35.2 Å². The number of hydrogen-bond donors (Lipinski definition) is 0. The molecule has 1 aromatic heterocycles. The number of hydroxylamine groups is 3.